The summed E-state index contributed by atoms with van der Waals surface area (Å²) in [7, 11) is 8.33. The molecule has 8 heteroatoms. The van der Waals surface area contributed by atoms with E-state index < -0.39 is 0 Å². The first-order valence-corrected chi connectivity index (χ1v) is 23.5. The average molecular weight is 815 g/mol. The van der Waals surface area contributed by atoms with Crippen LogP contribution in [0.15, 0.2) is 142 Å². The van der Waals surface area contributed by atoms with E-state index in [9.17, 15) is 0 Å². The van der Waals surface area contributed by atoms with Crippen molar-refractivity contribution in [3.05, 3.63) is 156 Å². The summed E-state index contributed by atoms with van der Waals surface area (Å²) >= 11 is 8.05. The second kappa shape index (κ2) is 19.1. The molecule has 4 heterocycles. The molecular weight excluding hydrogens is 761 g/mol. The Morgan fingerprint density at radius 1 is 0.339 bits per heavy atom. The van der Waals surface area contributed by atoms with Crippen LogP contribution in [0.4, 0.5) is 0 Å². The number of aromatic nitrogens is 4. The van der Waals surface area contributed by atoms with Gasteiger partial charge in [0.05, 0.1) is 0 Å². The van der Waals surface area contributed by atoms with E-state index >= 15 is 0 Å². The minimum Gasteiger partial charge on any atom is -0.208 e. The van der Waals surface area contributed by atoms with Crippen LogP contribution in [0.1, 0.15) is 33.4 Å². The summed E-state index contributed by atoms with van der Waals surface area (Å²) in [6.07, 6.45) is 21.4. The van der Waals surface area contributed by atoms with Gasteiger partial charge in [-0.3, -0.25) is 0 Å². The van der Waals surface area contributed by atoms with Crippen LogP contribution in [-0.4, -0.2) is 23.0 Å². The summed E-state index contributed by atoms with van der Waals surface area (Å²) in [5.74, 6) is 4.21. The highest BCUT2D eigenvalue weighted by molar-refractivity contribution is 8.02. The molecule has 0 N–H and O–H groups in total. The maximum absolute atomic E-state index is 2.52. The van der Waals surface area contributed by atoms with E-state index in [0.29, 0.717) is 0 Å². The number of hydrogen-bond donors (Lipinski definition) is 0. The van der Waals surface area contributed by atoms with Crippen molar-refractivity contribution >= 4 is 68.6 Å². The van der Waals surface area contributed by atoms with Crippen LogP contribution >= 0.6 is 47.0 Å². The molecule has 286 valence electrons. The topological polar surface area (TPSA) is 15.5 Å². The molecule has 0 aliphatic carbocycles. The van der Waals surface area contributed by atoms with E-state index in [1.54, 1.807) is 0 Å². The number of aryl methyl sites for hydroxylation is 10. The first-order chi connectivity index (χ1) is 27.2. The Morgan fingerprint density at radius 2 is 0.536 bits per heavy atom. The van der Waals surface area contributed by atoms with Gasteiger partial charge in [0, 0.05) is 91.1 Å². The summed E-state index contributed by atoms with van der Waals surface area (Å²) < 4.78 is 8.43. The number of hydrogen-bond acceptors (Lipinski definition) is 4. The Hall–Kier alpha value is -3.82. The van der Waals surface area contributed by atoms with Gasteiger partial charge in [-0.25, -0.2) is 18.3 Å². The van der Waals surface area contributed by atoms with Gasteiger partial charge in [0.2, 0.25) is 0 Å². The first-order valence-electron chi connectivity index (χ1n) is 19.5. The second-order valence-electron chi connectivity index (χ2n) is 14.8. The van der Waals surface area contributed by atoms with Crippen LogP contribution < -0.4 is 18.3 Å². The smallest absolute Gasteiger partial charge is 0.168 e. The van der Waals surface area contributed by atoms with Gasteiger partial charge in [-0.1, -0.05) is 0 Å². The van der Waals surface area contributed by atoms with Crippen molar-refractivity contribution in [1.82, 2.24) is 0 Å². The fourth-order valence-electron chi connectivity index (χ4n) is 7.01. The Bertz CT molecular complexity index is 2070. The maximum atomic E-state index is 2.52. The molecule has 0 saturated heterocycles. The molecule has 0 spiro atoms. The molecule has 0 saturated carbocycles. The second-order valence-corrected chi connectivity index (χ2v) is 19.4. The SMILES string of the molecule is Cc1c2cc(SCCc3cc[n+](C)cc3)c(SCCc3cc[n+](C)cc3)cc2c(C)c2cc(SCCc3cc[n+](C)cc3)c(SCCc3cc[n+](C)cc3)cc12. The predicted octanol–water partition coefficient (Wildman–Crippen LogP) is 9.25. The average Bonchev–Trinajstić information content (AvgIpc) is 3.20. The summed E-state index contributed by atoms with van der Waals surface area (Å²) in [6, 6.07) is 28.1. The fourth-order valence-corrected chi connectivity index (χ4v) is 11.6. The molecule has 0 unspecified atom stereocenters. The van der Waals surface area contributed by atoms with Gasteiger partial charge in [0.25, 0.3) is 0 Å². The molecule has 0 aliphatic heterocycles. The third-order valence-electron chi connectivity index (χ3n) is 10.6. The molecule has 7 rings (SSSR count). The predicted molar refractivity (Wildman–Crippen MR) is 239 cm³/mol. The number of pyridine rings is 4. The minimum absolute atomic E-state index is 1.05. The van der Waals surface area contributed by atoms with Crippen molar-refractivity contribution in [3.63, 3.8) is 0 Å². The highest BCUT2D eigenvalue weighted by Crippen LogP contribution is 2.43. The number of nitrogens with zero attached hydrogens (tertiary/aromatic N) is 4. The van der Waals surface area contributed by atoms with Gasteiger partial charge in [0.1, 0.15) is 28.2 Å². The van der Waals surface area contributed by atoms with E-state index in [1.807, 2.05) is 47.0 Å². The zero-order chi connectivity index (χ0) is 39.0. The van der Waals surface area contributed by atoms with Gasteiger partial charge in [-0.15, -0.1) is 47.0 Å². The summed E-state index contributed by atoms with van der Waals surface area (Å²) in [4.78, 5) is 5.60. The largest absolute Gasteiger partial charge is 0.208 e. The lowest BCUT2D eigenvalue weighted by molar-refractivity contribution is -0.671. The number of benzene rings is 3. The van der Waals surface area contributed by atoms with Gasteiger partial charge >= 0.3 is 0 Å². The van der Waals surface area contributed by atoms with Gasteiger partial charge in [-0.05, 0) is 119 Å². The highest BCUT2D eigenvalue weighted by atomic mass is 32.2. The Labute approximate surface area is 350 Å². The number of rotatable bonds is 16. The van der Waals surface area contributed by atoms with Crippen molar-refractivity contribution in [1.29, 1.82) is 0 Å². The Balaban J connectivity index is 1.22. The van der Waals surface area contributed by atoms with Crippen LogP contribution in [0.5, 0.6) is 0 Å². The third kappa shape index (κ3) is 10.4. The van der Waals surface area contributed by atoms with Crippen LogP contribution in [0.25, 0.3) is 21.5 Å². The molecule has 0 aliphatic rings. The summed E-state index contributed by atoms with van der Waals surface area (Å²) in [6.45, 7) is 4.71. The third-order valence-corrected chi connectivity index (χ3v) is 15.1. The van der Waals surface area contributed by atoms with Crippen molar-refractivity contribution in [3.8, 4) is 0 Å². The van der Waals surface area contributed by atoms with Crippen LogP contribution in [0.2, 0.25) is 0 Å². The van der Waals surface area contributed by atoms with Gasteiger partial charge in [0.15, 0.2) is 49.6 Å². The first kappa shape index (κ1) is 40.4. The molecular formula is C48H54N4S4+4. The molecule has 4 nitrogen and oxygen atoms in total. The molecule has 56 heavy (non-hydrogen) atoms. The zero-order valence-corrected chi connectivity index (χ0v) is 36.9. The summed E-state index contributed by atoms with van der Waals surface area (Å²) in [5.41, 5.74) is 8.32. The lowest BCUT2D eigenvalue weighted by Crippen LogP contribution is -2.25. The van der Waals surface area contributed by atoms with E-state index in [2.05, 4.69) is 183 Å². The van der Waals surface area contributed by atoms with E-state index in [1.165, 1.54) is 74.5 Å². The standard InChI is InChI=1S/C48H54N4S4/c1-35-41-31-45(53-27-15-37-7-19-49(3)20-8-37)47(55-29-17-39-11-23-51(5)24-12-39)33-43(41)36(2)44-34-48(56-30-18-40-13-25-52(6)26-14-40)46(32-42(35)44)54-28-16-38-9-21-50(4)22-10-38/h7-14,19-26,31-34H,15-18,27-30H2,1-6H3/q+4. The Kier molecular flexibility index (Phi) is 13.8. The summed E-state index contributed by atoms with van der Waals surface area (Å²) in [5, 5.41) is 5.54. The zero-order valence-electron chi connectivity index (χ0n) is 33.6. The minimum atomic E-state index is 1.05. The molecule has 3 aromatic carbocycles. The molecule has 4 aromatic heterocycles. The molecule has 0 fully saturated rings. The van der Waals surface area contributed by atoms with Crippen molar-refractivity contribution in [2.75, 3.05) is 23.0 Å². The monoisotopic (exact) mass is 814 g/mol. The Morgan fingerprint density at radius 3 is 0.732 bits per heavy atom. The molecule has 0 amide bonds. The van der Waals surface area contributed by atoms with E-state index in [4.69, 9.17) is 0 Å². The van der Waals surface area contributed by atoms with E-state index in [-0.39, 0.29) is 0 Å². The van der Waals surface area contributed by atoms with Crippen molar-refractivity contribution in [2.24, 2.45) is 28.2 Å². The number of fused-ring (bicyclic) bond motifs is 2. The normalized spacial score (nSPS) is 11.5. The lowest BCUT2D eigenvalue weighted by Gasteiger charge is -2.19. The molecule has 0 radical (unpaired) electrons. The fraction of sp³-hybridized carbons (Fsp3) is 0.292. The van der Waals surface area contributed by atoms with Crippen molar-refractivity contribution < 1.29 is 18.3 Å². The van der Waals surface area contributed by atoms with Gasteiger partial charge < -0.3 is 0 Å². The molecule has 0 atom stereocenters. The quantitative estimate of drug-likeness (QED) is 0.0549. The number of thioether (sulfide) groups is 4. The maximum Gasteiger partial charge on any atom is 0.168 e. The van der Waals surface area contributed by atoms with Gasteiger partial charge in [-0.2, -0.15) is 0 Å². The van der Waals surface area contributed by atoms with Crippen LogP contribution in [0, 0.1) is 13.8 Å². The molecule has 0 bridgehead atoms. The van der Waals surface area contributed by atoms with Crippen molar-refractivity contribution in [2.45, 2.75) is 59.1 Å². The van der Waals surface area contributed by atoms with E-state index in [0.717, 1.165) is 48.7 Å². The molecule has 7 aromatic rings. The van der Waals surface area contributed by atoms with Crippen LogP contribution in [0.3, 0.4) is 0 Å². The highest BCUT2D eigenvalue weighted by Gasteiger charge is 2.17. The van der Waals surface area contributed by atoms with Crippen LogP contribution in [-0.2, 0) is 53.9 Å². The lowest BCUT2D eigenvalue weighted by atomic mass is 9.93.